The number of benzene rings is 1. The first kappa shape index (κ1) is 10.6. The summed E-state index contributed by atoms with van der Waals surface area (Å²) in [7, 11) is 0. The molecule has 0 saturated heterocycles. The first-order valence-electron chi connectivity index (χ1n) is 5.19. The minimum Gasteiger partial charge on any atom is -0.291 e. The predicted octanol–water partition coefficient (Wildman–Crippen LogP) is 4.06. The van der Waals surface area contributed by atoms with Gasteiger partial charge in [0.25, 0.3) is 0 Å². The summed E-state index contributed by atoms with van der Waals surface area (Å²) in [6.07, 6.45) is 4.37. The largest absolute Gasteiger partial charge is 0.291 e. The molecule has 15 heavy (non-hydrogen) atoms. The van der Waals surface area contributed by atoms with Crippen LogP contribution in [0.15, 0.2) is 30.5 Å². The second-order valence-corrected chi connectivity index (χ2v) is 5.58. The average Bonchev–Trinajstić information content (AvgIpc) is 2.55. The van der Waals surface area contributed by atoms with Gasteiger partial charge in [-0.25, -0.2) is 0 Å². The summed E-state index contributed by atoms with van der Waals surface area (Å²) in [5.74, 6) is 0. The first-order valence-corrected chi connectivity index (χ1v) is 6.37. The van der Waals surface area contributed by atoms with Gasteiger partial charge in [0.15, 0.2) is 0 Å². The summed E-state index contributed by atoms with van der Waals surface area (Å²) in [5, 5.41) is 1.37. The van der Waals surface area contributed by atoms with Crippen molar-refractivity contribution in [2.75, 3.05) is 6.26 Å². The number of hydrogen-bond acceptors (Lipinski definition) is 1. The Morgan fingerprint density at radius 3 is 2.40 bits per heavy atom. The SMILES string of the molecule is CSn1cc(C(C)(C)C)c2ccccc21. The van der Waals surface area contributed by atoms with Crippen LogP contribution in [-0.2, 0) is 5.41 Å². The smallest absolute Gasteiger partial charge is 0.0594 e. The lowest BCUT2D eigenvalue weighted by molar-refractivity contribution is 0.595. The van der Waals surface area contributed by atoms with Crippen molar-refractivity contribution in [1.29, 1.82) is 0 Å². The third kappa shape index (κ3) is 1.78. The van der Waals surface area contributed by atoms with Crippen LogP contribution in [0.2, 0.25) is 0 Å². The zero-order chi connectivity index (χ0) is 11.1. The van der Waals surface area contributed by atoms with Crippen molar-refractivity contribution >= 4 is 22.9 Å². The summed E-state index contributed by atoms with van der Waals surface area (Å²) < 4.78 is 2.25. The summed E-state index contributed by atoms with van der Waals surface area (Å²) in [6, 6.07) is 8.60. The quantitative estimate of drug-likeness (QED) is 0.700. The fourth-order valence-electron chi connectivity index (χ4n) is 1.90. The number of aromatic nitrogens is 1. The summed E-state index contributed by atoms with van der Waals surface area (Å²) in [4.78, 5) is 0. The van der Waals surface area contributed by atoms with Gasteiger partial charge in [-0.05, 0) is 29.0 Å². The number of hydrogen-bond donors (Lipinski definition) is 0. The van der Waals surface area contributed by atoms with E-state index >= 15 is 0 Å². The van der Waals surface area contributed by atoms with E-state index in [1.807, 2.05) is 0 Å². The molecule has 2 aromatic rings. The maximum Gasteiger partial charge on any atom is 0.0594 e. The molecular formula is C13H17NS. The van der Waals surface area contributed by atoms with Gasteiger partial charge in [-0.2, -0.15) is 0 Å². The van der Waals surface area contributed by atoms with Gasteiger partial charge < -0.3 is 0 Å². The molecule has 0 aliphatic rings. The Bertz CT molecular complexity index is 477. The Kier molecular flexibility index (Phi) is 2.55. The minimum atomic E-state index is 0.209. The van der Waals surface area contributed by atoms with Crippen LogP contribution in [-0.4, -0.2) is 10.2 Å². The Balaban J connectivity index is 2.76. The average molecular weight is 219 g/mol. The predicted molar refractivity (Wildman–Crippen MR) is 69.6 cm³/mol. The first-order chi connectivity index (χ1) is 7.04. The lowest BCUT2D eigenvalue weighted by atomic mass is 9.87. The monoisotopic (exact) mass is 219 g/mol. The molecule has 0 unspecified atom stereocenters. The Morgan fingerprint density at radius 1 is 1.13 bits per heavy atom. The van der Waals surface area contributed by atoms with Crippen LogP contribution in [0.1, 0.15) is 26.3 Å². The fourth-order valence-corrected chi connectivity index (χ4v) is 2.47. The van der Waals surface area contributed by atoms with Crippen LogP contribution >= 0.6 is 11.9 Å². The van der Waals surface area contributed by atoms with Gasteiger partial charge in [0, 0.05) is 17.8 Å². The highest BCUT2D eigenvalue weighted by molar-refractivity contribution is 7.97. The van der Waals surface area contributed by atoms with Crippen LogP contribution in [0.5, 0.6) is 0 Å². The van der Waals surface area contributed by atoms with Crippen molar-refractivity contribution in [1.82, 2.24) is 3.97 Å². The van der Waals surface area contributed by atoms with Gasteiger partial charge in [-0.15, -0.1) is 0 Å². The maximum atomic E-state index is 2.26. The molecule has 1 aromatic carbocycles. The van der Waals surface area contributed by atoms with Crippen molar-refractivity contribution < 1.29 is 0 Å². The summed E-state index contributed by atoms with van der Waals surface area (Å²) in [6.45, 7) is 6.79. The Labute approximate surface area is 95.6 Å². The normalized spacial score (nSPS) is 12.3. The number of nitrogens with zero attached hydrogens (tertiary/aromatic N) is 1. The Morgan fingerprint density at radius 2 is 1.80 bits per heavy atom. The van der Waals surface area contributed by atoms with Gasteiger partial charge in [0.05, 0.1) is 5.52 Å². The highest BCUT2D eigenvalue weighted by Gasteiger charge is 2.19. The molecular weight excluding hydrogens is 202 g/mol. The molecule has 1 nitrogen and oxygen atoms in total. The minimum absolute atomic E-state index is 0.209. The molecule has 1 aromatic heterocycles. The maximum absolute atomic E-state index is 2.26. The van der Waals surface area contributed by atoms with Gasteiger partial charge in [0.1, 0.15) is 0 Å². The van der Waals surface area contributed by atoms with Crippen molar-refractivity contribution in [2.45, 2.75) is 26.2 Å². The molecule has 0 atom stereocenters. The zero-order valence-corrected chi connectivity index (χ0v) is 10.6. The zero-order valence-electron chi connectivity index (χ0n) is 9.74. The van der Waals surface area contributed by atoms with E-state index in [1.165, 1.54) is 16.5 Å². The van der Waals surface area contributed by atoms with Gasteiger partial charge in [0.2, 0.25) is 0 Å². The highest BCUT2D eigenvalue weighted by Crippen LogP contribution is 2.32. The van der Waals surface area contributed by atoms with Gasteiger partial charge >= 0.3 is 0 Å². The molecule has 0 N–H and O–H groups in total. The van der Waals surface area contributed by atoms with E-state index in [0.29, 0.717) is 0 Å². The molecule has 0 fully saturated rings. The van der Waals surface area contributed by atoms with E-state index in [4.69, 9.17) is 0 Å². The molecule has 0 saturated carbocycles. The van der Waals surface area contributed by atoms with Crippen molar-refractivity contribution in [3.8, 4) is 0 Å². The molecule has 0 bridgehead atoms. The van der Waals surface area contributed by atoms with Crippen LogP contribution in [0, 0.1) is 0 Å². The Hall–Kier alpha value is -0.890. The highest BCUT2D eigenvalue weighted by atomic mass is 32.2. The number of rotatable bonds is 1. The lowest BCUT2D eigenvalue weighted by Crippen LogP contribution is -2.09. The standard InChI is InChI=1S/C13H17NS/c1-13(2,3)11-9-14(15-4)12-8-6-5-7-10(11)12/h5-9H,1-4H3. The number of fused-ring (bicyclic) bond motifs is 1. The number of para-hydroxylation sites is 1. The van der Waals surface area contributed by atoms with E-state index in [9.17, 15) is 0 Å². The van der Waals surface area contributed by atoms with Gasteiger partial charge in [-0.3, -0.25) is 3.97 Å². The molecule has 0 aliphatic carbocycles. The van der Waals surface area contributed by atoms with Crippen molar-refractivity contribution in [2.24, 2.45) is 0 Å². The van der Waals surface area contributed by atoms with Crippen molar-refractivity contribution in [3.05, 3.63) is 36.0 Å². The molecule has 0 radical (unpaired) electrons. The topological polar surface area (TPSA) is 4.93 Å². The second-order valence-electron chi connectivity index (χ2n) is 4.82. The summed E-state index contributed by atoms with van der Waals surface area (Å²) in [5.41, 5.74) is 2.95. The van der Waals surface area contributed by atoms with E-state index in [-0.39, 0.29) is 5.41 Å². The molecule has 0 amide bonds. The third-order valence-corrected chi connectivity index (χ3v) is 3.38. The van der Waals surface area contributed by atoms with Crippen LogP contribution < -0.4 is 0 Å². The lowest BCUT2D eigenvalue weighted by Gasteiger charge is -2.17. The molecule has 0 spiro atoms. The third-order valence-electron chi connectivity index (χ3n) is 2.68. The fraction of sp³-hybridized carbons (Fsp3) is 0.385. The molecule has 2 heteroatoms. The van der Waals surface area contributed by atoms with E-state index in [0.717, 1.165) is 0 Å². The van der Waals surface area contributed by atoms with Crippen LogP contribution in [0.25, 0.3) is 10.9 Å². The van der Waals surface area contributed by atoms with E-state index in [1.54, 1.807) is 11.9 Å². The molecule has 80 valence electrons. The summed E-state index contributed by atoms with van der Waals surface area (Å²) >= 11 is 1.75. The van der Waals surface area contributed by atoms with Crippen molar-refractivity contribution in [3.63, 3.8) is 0 Å². The molecule has 1 heterocycles. The van der Waals surface area contributed by atoms with Gasteiger partial charge in [-0.1, -0.05) is 39.0 Å². The van der Waals surface area contributed by atoms with E-state index < -0.39 is 0 Å². The van der Waals surface area contributed by atoms with Crippen LogP contribution in [0.3, 0.4) is 0 Å². The second kappa shape index (κ2) is 3.60. The molecule has 2 rings (SSSR count). The van der Waals surface area contributed by atoms with E-state index in [2.05, 4.69) is 61.5 Å². The van der Waals surface area contributed by atoms with Crippen LogP contribution in [0.4, 0.5) is 0 Å². The molecule has 0 aliphatic heterocycles.